The number of carbonyl (C=O) groups excluding carboxylic acids is 3. The molecule has 2 aliphatic carbocycles. The van der Waals surface area contributed by atoms with Crippen molar-refractivity contribution in [2.24, 2.45) is 11.8 Å². The first-order valence-electron chi connectivity index (χ1n) is 11.6. The smallest absolute Gasteiger partial charge is 0.508 e. The third-order valence-corrected chi connectivity index (χ3v) is 9.33. The van der Waals surface area contributed by atoms with Crippen LogP contribution in [0.4, 0.5) is 14.4 Å². The molecule has 2 atom stereocenters. The zero-order valence-electron chi connectivity index (χ0n) is 18.3. The molecule has 2 saturated carbocycles. The Hall–Kier alpha value is -1.17. The molecule has 2 heterocycles. The first kappa shape index (κ1) is 24.0. The van der Waals surface area contributed by atoms with Crippen molar-refractivity contribution in [1.29, 1.82) is 0 Å². The summed E-state index contributed by atoms with van der Waals surface area (Å²) >= 11 is -2.92. The van der Waals surface area contributed by atoms with E-state index >= 15 is 0 Å². The fraction of sp³-hybridized carbons (Fsp3) is 0.857. The normalized spacial score (nSPS) is 24.7. The van der Waals surface area contributed by atoms with Crippen LogP contribution in [-0.2, 0) is 31.8 Å². The summed E-state index contributed by atoms with van der Waals surface area (Å²) in [5.74, 6) is 1.79. The molecule has 0 aromatic carbocycles. The molecule has 11 heteroatoms. The van der Waals surface area contributed by atoms with Gasteiger partial charge in [0.25, 0.3) is 0 Å². The van der Waals surface area contributed by atoms with Gasteiger partial charge in [-0.1, -0.05) is 0 Å². The maximum atomic E-state index is 12.3. The highest BCUT2D eigenvalue weighted by Gasteiger charge is 2.38. The Morgan fingerprint density at radius 3 is 1.31 bits per heavy atom. The monoisotopic (exact) mass is 488 g/mol. The molecule has 4 rings (SSSR count). The first-order chi connectivity index (χ1) is 15.4. The Bertz CT molecular complexity index is 632. The predicted octanol–water partition coefficient (Wildman–Crippen LogP) is 2.63. The van der Waals surface area contributed by atoms with E-state index in [1.165, 1.54) is 0 Å². The topological polar surface area (TPSA) is 122 Å². The zero-order chi connectivity index (χ0) is 22.7. The number of piperidine rings is 2. The lowest BCUT2D eigenvalue weighted by molar-refractivity contribution is -0.0258. The van der Waals surface area contributed by atoms with Crippen molar-refractivity contribution < 1.29 is 33.0 Å². The van der Waals surface area contributed by atoms with E-state index in [0.717, 1.165) is 25.7 Å². The molecular formula is C21H32N2O7S2. The van der Waals surface area contributed by atoms with Gasteiger partial charge in [-0.3, -0.25) is 9.80 Å². The molecule has 9 nitrogen and oxygen atoms in total. The third-order valence-electron chi connectivity index (χ3n) is 6.48. The van der Waals surface area contributed by atoms with E-state index in [-0.39, 0.29) is 22.7 Å². The first-order valence-corrected chi connectivity index (χ1v) is 14.2. The minimum absolute atomic E-state index is 0.308. The average Bonchev–Trinajstić information content (AvgIpc) is 3.71. The largest absolute Gasteiger partial charge is 0.608 e. The highest BCUT2D eigenvalue weighted by atomic mass is 32.2. The van der Waals surface area contributed by atoms with Gasteiger partial charge < -0.3 is 18.6 Å². The fourth-order valence-corrected chi connectivity index (χ4v) is 6.79. The molecule has 2 aliphatic heterocycles. The molecule has 4 aliphatic rings. The molecule has 0 aromatic heterocycles. The van der Waals surface area contributed by atoms with E-state index in [2.05, 4.69) is 0 Å². The Morgan fingerprint density at radius 1 is 0.656 bits per heavy atom. The second-order valence-corrected chi connectivity index (χ2v) is 12.0. The van der Waals surface area contributed by atoms with Crippen LogP contribution in [0.3, 0.4) is 0 Å². The van der Waals surface area contributed by atoms with Crippen LogP contribution in [0.1, 0.15) is 51.4 Å². The predicted molar refractivity (Wildman–Crippen MR) is 119 cm³/mol. The Balaban J connectivity index is 1.11. The third kappa shape index (κ3) is 6.91. The number of likely N-dealkylation sites (tertiary alicyclic amines) is 2. The summed E-state index contributed by atoms with van der Waals surface area (Å²) in [6.45, 7) is 1.69. The van der Waals surface area contributed by atoms with Gasteiger partial charge in [-0.05, 0) is 25.7 Å². The highest BCUT2D eigenvalue weighted by Crippen LogP contribution is 2.32. The number of nitrogens with zero attached hydrogens (tertiary/aromatic N) is 2. The van der Waals surface area contributed by atoms with E-state index in [1.54, 1.807) is 9.80 Å². The standard InChI is InChI=1S/C21H32N2O7S2/c24-19(31(27)13-15-1-2-15)22-9-5-17(6-10-22)29-21(26)30-18-7-11-23(12-8-18)20(25)32(28)14-16-3-4-16/h15-18H,1-14H2. The molecule has 0 N–H and O–H groups in total. The van der Waals surface area contributed by atoms with Crippen molar-refractivity contribution in [2.75, 3.05) is 37.7 Å². The second-order valence-electron chi connectivity index (χ2n) is 9.30. The fourth-order valence-electron chi connectivity index (χ4n) is 4.04. The van der Waals surface area contributed by atoms with Gasteiger partial charge in [0.15, 0.2) is 0 Å². The summed E-state index contributed by atoms with van der Waals surface area (Å²) in [6.07, 6.45) is 4.88. The number of rotatable bonds is 6. The van der Waals surface area contributed by atoms with E-state index in [9.17, 15) is 23.5 Å². The van der Waals surface area contributed by atoms with Gasteiger partial charge in [0, 0.05) is 86.0 Å². The van der Waals surface area contributed by atoms with Gasteiger partial charge in [-0.2, -0.15) is 0 Å². The summed E-state index contributed by atoms with van der Waals surface area (Å²) in [4.78, 5) is 39.9. The van der Waals surface area contributed by atoms with Crippen LogP contribution in [-0.4, -0.2) is 85.4 Å². The lowest BCUT2D eigenvalue weighted by Crippen LogP contribution is -2.45. The molecule has 32 heavy (non-hydrogen) atoms. The van der Waals surface area contributed by atoms with Crippen molar-refractivity contribution in [3.8, 4) is 0 Å². The SMILES string of the molecule is O=C(OC1CCN(C(=O)[S+]([O-])CC2CC2)CC1)OC1CCN(C(=O)[S+]([O-])CC2CC2)CC1. The van der Waals surface area contributed by atoms with Crippen LogP contribution in [0.2, 0.25) is 0 Å². The van der Waals surface area contributed by atoms with E-state index in [0.29, 0.717) is 75.2 Å². The number of hydrogen-bond donors (Lipinski definition) is 0. The van der Waals surface area contributed by atoms with Crippen LogP contribution >= 0.6 is 0 Å². The summed E-state index contributed by atoms with van der Waals surface area (Å²) < 4.78 is 35.0. The second kappa shape index (κ2) is 10.8. The maximum Gasteiger partial charge on any atom is 0.508 e. The Morgan fingerprint density at radius 2 is 1.00 bits per heavy atom. The van der Waals surface area contributed by atoms with Gasteiger partial charge in [0.05, 0.1) is 0 Å². The zero-order valence-corrected chi connectivity index (χ0v) is 19.9. The van der Waals surface area contributed by atoms with Crippen LogP contribution in [0.15, 0.2) is 0 Å². The molecule has 2 amide bonds. The maximum absolute atomic E-state index is 12.3. The Labute approximate surface area is 194 Å². The van der Waals surface area contributed by atoms with Gasteiger partial charge in [-0.15, -0.1) is 0 Å². The lowest BCUT2D eigenvalue weighted by atomic mass is 10.1. The molecular weight excluding hydrogens is 456 g/mol. The van der Waals surface area contributed by atoms with Crippen LogP contribution in [0.5, 0.6) is 0 Å². The van der Waals surface area contributed by atoms with Crippen LogP contribution < -0.4 is 0 Å². The molecule has 2 saturated heterocycles. The number of hydrogen-bond acceptors (Lipinski definition) is 7. The van der Waals surface area contributed by atoms with Gasteiger partial charge in [0.1, 0.15) is 23.7 Å². The summed E-state index contributed by atoms with van der Waals surface area (Å²) in [7, 11) is 0. The number of amides is 2. The molecule has 0 bridgehead atoms. The molecule has 0 spiro atoms. The van der Waals surface area contributed by atoms with Crippen molar-refractivity contribution in [3.05, 3.63) is 0 Å². The Kier molecular flexibility index (Phi) is 8.12. The summed E-state index contributed by atoms with van der Waals surface area (Å²) in [6, 6.07) is 0. The van der Waals surface area contributed by atoms with Gasteiger partial charge in [-0.25, -0.2) is 14.4 Å². The quantitative estimate of drug-likeness (QED) is 0.416. The van der Waals surface area contributed by atoms with E-state index in [4.69, 9.17) is 9.47 Å². The van der Waals surface area contributed by atoms with Crippen LogP contribution in [0, 0.1) is 11.8 Å². The van der Waals surface area contributed by atoms with Crippen molar-refractivity contribution >= 4 is 39.0 Å². The van der Waals surface area contributed by atoms with Crippen molar-refractivity contribution in [1.82, 2.24) is 9.80 Å². The van der Waals surface area contributed by atoms with Gasteiger partial charge >= 0.3 is 16.6 Å². The van der Waals surface area contributed by atoms with Crippen LogP contribution in [0.25, 0.3) is 0 Å². The highest BCUT2D eigenvalue weighted by molar-refractivity contribution is 8.06. The molecule has 180 valence electrons. The van der Waals surface area contributed by atoms with Crippen molar-refractivity contribution in [3.63, 3.8) is 0 Å². The van der Waals surface area contributed by atoms with Crippen molar-refractivity contribution in [2.45, 2.75) is 63.6 Å². The minimum Gasteiger partial charge on any atom is -0.608 e. The van der Waals surface area contributed by atoms with E-state index in [1.807, 2.05) is 0 Å². The number of carbonyl (C=O) groups is 3. The van der Waals surface area contributed by atoms with Gasteiger partial charge in [0.2, 0.25) is 0 Å². The molecule has 4 fully saturated rings. The lowest BCUT2D eigenvalue weighted by Gasteiger charge is -2.32. The summed E-state index contributed by atoms with van der Waals surface area (Å²) in [5, 5.41) is -0.616. The number of ether oxygens (including phenoxy) is 2. The van der Waals surface area contributed by atoms with E-state index < -0.39 is 28.5 Å². The molecule has 0 aromatic rings. The average molecular weight is 489 g/mol. The summed E-state index contributed by atoms with van der Waals surface area (Å²) in [5.41, 5.74) is 0. The molecule has 2 unspecified atom stereocenters. The molecule has 0 radical (unpaired) electrons. The minimum atomic E-state index is -1.46.